The number of hydrogen-bond donors (Lipinski definition) is 1. The van der Waals surface area contributed by atoms with Gasteiger partial charge >= 0.3 is 0 Å². The van der Waals surface area contributed by atoms with Gasteiger partial charge in [0, 0.05) is 18.4 Å². The van der Waals surface area contributed by atoms with E-state index in [1.165, 1.54) is 57.9 Å². The number of allylic oxidation sites excluding steroid dienone is 5. The second kappa shape index (κ2) is 6.22. The highest BCUT2D eigenvalue weighted by Gasteiger charge is 2.44. The van der Waals surface area contributed by atoms with E-state index in [0.29, 0.717) is 6.04 Å². The lowest BCUT2D eigenvalue weighted by atomic mass is 9.69. The summed E-state index contributed by atoms with van der Waals surface area (Å²) in [5, 5.41) is 3.65. The maximum atomic E-state index is 3.65. The summed E-state index contributed by atoms with van der Waals surface area (Å²) in [5.74, 6) is 1.80. The SMILES string of the molecule is C1=CCC2=C3C(=C4CCNCC4N3C=C1)C(C1CCCCC1)CC2. The molecule has 3 heterocycles. The lowest BCUT2D eigenvalue weighted by Gasteiger charge is -2.38. The lowest BCUT2D eigenvalue weighted by Crippen LogP contribution is -2.41. The fourth-order valence-corrected chi connectivity index (χ4v) is 5.97. The quantitative estimate of drug-likeness (QED) is 0.754. The van der Waals surface area contributed by atoms with Gasteiger partial charge in [-0.3, -0.25) is 0 Å². The zero-order valence-corrected chi connectivity index (χ0v) is 14.8. The molecule has 0 aromatic rings. The summed E-state index contributed by atoms with van der Waals surface area (Å²) in [6.07, 6.45) is 21.7. The molecule has 1 N–H and O–H groups in total. The fourth-order valence-electron chi connectivity index (χ4n) is 5.97. The molecule has 0 bridgehead atoms. The number of hydrogen-bond acceptors (Lipinski definition) is 2. The van der Waals surface area contributed by atoms with Crippen LogP contribution in [0.15, 0.2) is 46.8 Å². The Kier molecular flexibility index (Phi) is 3.89. The van der Waals surface area contributed by atoms with Gasteiger partial charge < -0.3 is 10.2 Å². The van der Waals surface area contributed by atoms with Crippen LogP contribution in [0, 0.1) is 11.8 Å². The summed E-state index contributed by atoms with van der Waals surface area (Å²) in [6, 6.07) is 0.589. The van der Waals surface area contributed by atoms with Crippen LogP contribution in [-0.2, 0) is 0 Å². The van der Waals surface area contributed by atoms with Crippen LogP contribution in [0.3, 0.4) is 0 Å². The van der Waals surface area contributed by atoms with Gasteiger partial charge in [0.25, 0.3) is 0 Å². The highest BCUT2D eigenvalue weighted by molar-refractivity contribution is 5.52. The van der Waals surface area contributed by atoms with E-state index in [4.69, 9.17) is 0 Å². The van der Waals surface area contributed by atoms with Crippen LogP contribution in [-0.4, -0.2) is 24.0 Å². The van der Waals surface area contributed by atoms with Crippen LogP contribution in [0.4, 0.5) is 0 Å². The molecular formula is C22H30N2. The molecular weight excluding hydrogens is 292 g/mol. The van der Waals surface area contributed by atoms with Crippen molar-refractivity contribution in [2.24, 2.45) is 11.8 Å². The molecule has 0 aromatic heterocycles. The van der Waals surface area contributed by atoms with Gasteiger partial charge in [-0.1, -0.05) is 31.4 Å². The summed E-state index contributed by atoms with van der Waals surface area (Å²) in [6.45, 7) is 2.30. The minimum atomic E-state index is 0.589. The summed E-state index contributed by atoms with van der Waals surface area (Å²) < 4.78 is 0. The van der Waals surface area contributed by atoms with Gasteiger partial charge in [0.2, 0.25) is 0 Å². The molecule has 2 nitrogen and oxygen atoms in total. The van der Waals surface area contributed by atoms with Crippen LogP contribution in [0.25, 0.3) is 0 Å². The molecule has 1 saturated heterocycles. The maximum Gasteiger partial charge on any atom is 0.0677 e. The average Bonchev–Trinajstić information content (AvgIpc) is 2.95. The second-order valence-corrected chi connectivity index (χ2v) is 8.29. The third-order valence-electron chi connectivity index (χ3n) is 7.05. The molecule has 2 aliphatic carbocycles. The van der Waals surface area contributed by atoms with Crippen molar-refractivity contribution in [1.82, 2.24) is 10.2 Å². The number of piperidine rings is 1. The van der Waals surface area contributed by atoms with Crippen LogP contribution in [0.1, 0.15) is 57.8 Å². The number of rotatable bonds is 1. The average molecular weight is 322 g/mol. The topological polar surface area (TPSA) is 15.3 Å². The Balaban J connectivity index is 1.61. The highest BCUT2D eigenvalue weighted by Crippen LogP contribution is 2.52. The number of nitrogens with zero attached hydrogens (tertiary/aromatic N) is 1. The Morgan fingerprint density at radius 2 is 1.92 bits per heavy atom. The Morgan fingerprint density at radius 3 is 2.83 bits per heavy atom. The third kappa shape index (κ3) is 2.34. The van der Waals surface area contributed by atoms with E-state index >= 15 is 0 Å². The van der Waals surface area contributed by atoms with Crippen molar-refractivity contribution < 1.29 is 0 Å². The van der Waals surface area contributed by atoms with Crippen LogP contribution >= 0.6 is 0 Å². The Hall–Kier alpha value is -1.28. The first kappa shape index (κ1) is 15.0. The van der Waals surface area contributed by atoms with Gasteiger partial charge in [0.15, 0.2) is 0 Å². The van der Waals surface area contributed by atoms with E-state index in [1.807, 2.05) is 5.57 Å². The molecule has 2 unspecified atom stereocenters. The zero-order valence-electron chi connectivity index (χ0n) is 14.8. The predicted octanol–water partition coefficient (Wildman–Crippen LogP) is 4.68. The van der Waals surface area contributed by atoms with Crippen molar-refractivity contribution >= 4 is 0 Å². The smallest absolute Gasteiger partial charge is 0.0677 e. The van der Waals surface area contributed by atoms with E-state index in [0.717, 1.165) is 24.8 Å². The first-order valence-electron chi connectivity index (χ1n) is 10.2. The van der Waals surface area contributed by atoms with Gasteiger partial charge in [-0.25, -0.2) is 0 Å². The van der Waals surface area contributed by atoms with E-state index in [-0.39, 0.29) is 0 Å². The maximum absolute atomic E-state index is 3.65. The molecule has 24 heavy (non-hydrogen) atoms. The minimum absolute atomic E-state index is 0.589. The first-order chi connectivity index (χ1) is 11.9. The molecule has 0 spiro atoms. The van der Waals surface area contributed by atoms with E-state index in [2.05, 4.69) is 34.6 Å². The normalized spacial score (nSPS) is 33.4. The molecule has 2 fully saturated rings. The second-order valence-electron chi connectivity index (χ2n) is 8.29. The molecule has 3 aliphatic heterocycles. The monoisotopic (exact) mass is 322 g/mol. The fraction of sp³-hybridized carbons (Fsp3) is 0.636. The molecule has 0 aromatic carbocycles. The molecule has 2 heteroatoms. The third-order valence-corrected chi connectivity index (χ3v) is 7.05. The summed E-state index contributed by atoms with van der Waals surface area (Å²) in [5.41, 5.74) is 6.97. The largest absolute Gasteiger partial charge is 0.339 e. The van der Waals surface area contributed by atoms with Gasteiger partial charge in [0.05, 0.1) is 6.04 Å². The molecule has 5 rings (SSSR count). The van der Waals surface area contributed by atoms with Crippen molar-refractivity contribution in [3.8, 4) is 0 Å². The molecule has 1 saturated carbocycles. The Morgan fingerprint density at radius 1 is 1.00 bits per heavy atom. The Labute approximate surface area is 146 Å². The van der Waals surface area contributed by atoms with Gasteiger partial charge in [-0.2, -0.15) is 0 Å². The molecule has 0 amide bonds. The number of nitrogens with one attached hydrogen (secondary N) is 1. The van der Waals surface area contributed by atoms with Crippen LogP contribution in [0.2, 0.25) is 0 Å². The van der Waals surface area contributed by atoms with Crippen LogP contribution in [0.5, 0.6) is 0 Å². The minimum Gasteiger partial charge on any atom is -0.339 e. The lowest BCUT2D eigenvalue weighted by molar-refractivity contribution is 0.257. The van der Waals surface area contributed by atoms with Gasteiger partial charge in [-0.05, 0) is 79.7 Å². The molecule has 0 radical (unpaired) electrons. The zero-order chi connectivity index (χ0) is 15.9. The van der Waals surface area contributed by atoms with Crippen molar-refractivity contribution in [1.29, 1.82) is 0 Å². The molecule has 5 aliphatic rings. The molecule has 128 valence electrons. The van der Waals surface area contributed by atoms with Gasteiger partial charge in [0.1, 0.15) is 0 Å². The van der Waals surface area contributed by atoms with Crippen LogP contribution < -0.4 is 5.32 Å². The van der Waals surface area contributed by atoms with Crippen molar-refractivity contribution in [2.75, 3.05) is 13.1 Å². The summed E-state index contributed by atoms with van der Waals surface area (Å²) in [7, 11) is 0. The predicted molar refractivity (Wildman–Crippen MR) is 99.4 cm³/mol. The van der Waals surface area contributed by atoms with E-state index in [9.17, 15) is 0 Å². The van der Waals surface area contributed by atoms with E-state index in [1.54, 1.807) is 16.8 Å². The summed E-state index contributed by atoms with van der Waals surface area (Å²) in [4.78, 5) is 2.64. The summed E-state index contributed by atoms with van der Waals surface area (Å²) >= 11 is 0. The van der Waals surface area contributed by atoms with Crippen molar-refractivity contribution in [3.05, 3.63) is 46.8 Å². The van der Waals surface area contributed by atoms with Crippen molar-refractivity contribution in [2.45, 2.75) is 63.8 Å². The number of fused-ring (bicyclic) bond motifs is 2. The van der Waals surface area contributed by atoms with E-state index < -0.39 is 0 Å². The molecule has 2 atom stereocenters. The van der Waals surface area contributed by atoms with Crippen molar-refractivity contribution in [3.63, 3.8) is 0 Å². The Bertz CT molecular complexity index is 630. The van der Waals surface area contributed by atoms with Gasteiger partial charge in [-0.15, -0.1) is 0 Å². The first-order valence-corrected chi connectivity index (χ1v) is 10.2. The highest BCUT2D eigenvalue weighted by atomic mass is 15.2. The standard InChI is InChI=1S/C22H30N2/c1-3-7-16(8-4-1)18-11-10-17-9-5-2-6-14-24-20-15-23-13-12-19(20)21(18)22(17)24/h2,5-6,14,16,18,20,23H,1,3-4,7-13,15H2.